The molecule has 42 heavy (non-hydrogen) atoms. The largest absolute Gasteiger partial charge is 0.462 e. The first-order chi connectivity index (χ1) is 20.1. The van der Waals surface area contributed by atoms with Crippen molar-refractivity contribution in [3.8, 4) is 0 Å². The minimum absolute atomic E-state index is 0.0678. The SMILES string of the molecule is CC(=O)O[C@H]1CC[C@@]2(COC(=O)NCc3ccccc3)C(=CC[C@@H]3[C@@H]2CC[C@]2(C)[C@@H]([C@H](C)CCCC(C)C)CC[C@@H]32)C1. The molecule has 0 heterocycles. The van der Waals surface area contributed by atoms with Crippen LogP contribution in [0.25, 0.3) is 0 Å². The van der Waals surface area contributed by atoms with E-state index in [4.69, 9.17) is 9.47 Å². The van der Waals surface area contributed by atoms with Crippen molar-refractivity contribution < 1.29 is 19.1 Å². The van der Waals surface area contributed by atoms with Crippen LogP contribution < -0.4 is 5.32 Å². The van der Waals surface area contributed by atoms with Gasteiger partial charge in [-0.15, -0.1) is 0 Å². The zero-order valence-electron chi connectivity index (χ0n) is 26.8. The van der Waals surface area contributed by atoms with Gasteiger partial charge in [0.15, 0.2) is 0 Å². The van der Waals surface area contributed by atoms with Crippen LogP contribution in [-0.4, -0.2) is 24.8 Å². The standard InChI is InChI=1S/C37H55NO4/c1-25(2)10-9-11-26(3)32-16-17-33-31-15-14-29-22-30(42-27(4)39)18-21-37(29,34(31)19-20-36(32,33)5)24-41-35(40)38-23-28-12-7-6-8-13-28/h6-8,12-14,25-26,30-34H,9-11,15-24H2,1-5H3,(H,38,40)/t26-,30+,31+,32-,33+,34+,36-,37-/m1/s1. The van der Waals surface area contributed by atoms with Crippen LogP contribution in [0.5, 0.6) is 0 Å². The van der Waals surface area contributed by atoms with Crippen molar-refractivity contribution in [3.05, 3.63) is 47.5 Å². The second-order valence-corrected chi connectivity index (χ2v) is 14.9. The fraction of sp³-hybridized carbons (Fsp3) is 0.730. The van der Waals surface area contributed by atoms with Crippen LogP contribution in [0.15, 0.2) is 42.0 Å². The summed E-state index contributed by atoms with van der Waals surface area (Å²) in [5.41, 5.74) is 2.70. The molecule has 0 aromatic heterocycles. The van der Waals surface area contributed by atoms with Crippen molar-refractivity contribution in [1.29, 1.82) is 0 Å². The van der Waals surface area contributed by atoms with E-state index in [9.17, 15) is 9.59 Å². The van der Waals surface area contributed by atoms with E-state index in [1.54, 1.807) is 0 Å². The maximum absolute atomic E-state index is 13.0. The number of alkyl carbamates (subject to hydrolysis) is 1. The number of benzene rings is 1. The quantitative estimate of drug-likeness (QED) is 0.223. The van der Waals surface area contributed by atoms with Crippen LogP contribution in [-0.2, 0) is 20.8 Å². The van der Waals surface area contributed by atoms with Gasteiger partial charge < -0.3 is 14.8 Å². The normalized spacial score (nSPS) is 34.4. The van der Waals surface area contributed by atoms with Crippen molar-refractivity contribution >= 4 is 12.1 Å². The lowest BCUT2D eigenvalue weighted by Crippen LogP contribution is -2.54. The van der Waals surface area contributed by atoms with Gasteiger partial charge in [-0.1, -0.05) is 88.9 Å². The van der Waals surface area contributed by atoms with Gasteiger partial charge in [-0.25, -0.2) is 4.79 Å². The minimum atomic E-state index is -0.339. The molecule has 0 bridgehead atoms. The Balaban J connectivity index is 1.32. The molecule has 5 nitrogen and oxygen atoms in total. The molecule has 4 aliphatic rings. The number of allylic oxidation sites excluding steroid dienone is 1. The summed E-state index contributed by atoms with van der Waals surface area (Å²) in [7, 11) is 0. The van der Waals surface area contributed by atoms with E-state index >= 15 is 0 Å². The molecule has 1 amide bonds. The zero-order chi connectivity index (χ0) is 29.9. The molecule has 8 atom stereocenters. The topological polar surface area (TPSA) is 64.6 Å². The van der Waals surface area contributed by atoms with Gasteiger partial charge in [-0.2, -0.15) is 0 Å². The Labute approximate surface area is 254 Å². The molecule has 232 valence electrons. The van der Waals surface area contributed by atoms with E-state index in [1.807, 2.05) is 30.3 Å². The monoisotopic (exact) mass is 577 g/mol. The third kappa shape index (κ3) is 6.45. The first-order valence-electron chi connectivity index (χ1n) is 16.9. The Bertz CT molecular complexity index is 1110. The van der Waals surface area contributed by atoms with Gasteiger partial charge in [0.05, 0.1) is 0 Å². The van der Waals surface area contributed by atoms with E-state index in [2.05, 4.69) is 39.1 Å². The van der Waals surface area contributed by atoms with E-state index < -0.39 is 0 Å². The van der Waals surface area contributed by atoms with Crippen LogP contribution in [0.1, 0.15) is 111 Å². The maximum atomic E-state index is 13.0. The summed E-state index contributed by atoms with van der Waals surface area (Å²) < 4.78 is 11.8. The van der Waals surface area contributed by atoms with Crippen LogP contribution in [0.3, 0.4) is 0 Å². The number of hydrogen-bond donors (Lipinski definition) is 1. The number of rotatable bonds is 10. The van der Waals surface area contributed by atoms with E-state index in [-0.39, 0.29) is 23.6 Å². The van der Waals surface area contributed by atoms with Gasteiger partial charge in [0.1, 0.15) is 12.7 Å². The van der Waals surface area contributed by atoms with Crippen LogP contribution >= 0.6 is 0 Å². The number of ether oxygens (including phenoxy) is 2. The predicted octanol–water partition coefficient (Wildman–Crippen LogP) is 8.87. The highest BCUT2D eigenvalue weighted by atomic mass is 16.6. The molecule has 3 saturated carbocycles. The van der Waals surface area contributed by atoms with Gasteiger partial charge in [0.2, 0.25) is 0 Å². The number of hydrogen-bond acceptors (Lipinski definition) is 4. The fourth-order valence-corrected chi connectivity index (χ4v) is 10.1. The van der Waals surface area contributed by atoms with E-state index in [0.29, 0.717) is 30.4 Å². The summed E-state index contributed by atoms with van der Waals surface area (Å²) in [6.45, 7) is 12.2. The lowest BCUT2D eigenvalue weighted by Gasteiger charge is -2.59. The Morgan fingerprint density at radius 3 is 2.52 bits per heavy atom. The average molecular weight is 578 g/mol. The highest BCUT2D eigenvalue weighted by Crippen LogP contribution is 2.67. The smallest absolute Gasteiger partial charge is 0.407 e. The fourth-order valence-electron chi connectivity index (χ4n) is 10.1. The van der Waals surface area contributed by atoms with E-state index in [1.165, 1.54) is 57.4 Å². The van der Waals surface area contributed by atoms with Crippen molar-refractivity contribution in [2.75, 3.05) is 6.61 Å². The summed E-state index contributed by atoms with van der Waals surface area (Å²) >= 11 is 0. The summed E-state index contributed by atoms with van der Waals surface area (Å²) in [6, 6.07) is 9.98. The van der Waals surface area contributed by atoms with Crippen LogP contribution in [0, 0.1) is 46.3 Å². The number of carbonyl (C=O) groups excluding carboxylic acids is 2. The molecule has 1 aromatic carbocycles. The van der Waals surface area contributed by atoms with Gasteiger partial charge >= 0.3 is 12.1 Å². The lowest BCUT2D eigenvalue weighted by atomic mass is 9.46. The van der Waals surface area contributed by atoms with Crippen LogP contribution in [0.2, 0.25) is 0 Å². The molecular weight excluding hydrogens is 522 g/mol. The third-order valence-electron chi connectivity index (χ3n) is 12.1. The predicted molar refractivity (Wildman–Crippen MR) is 168 cm³/mol. The third-order valence-corrected chi connectivity index (χ3v) is 12.1. The molecule has 3 fully saturated rings. The molecule has 4 aliphatic carbocycles. The Morgan fingerprint density at radius 1 is 1.00 bits per heavy atom. The molecule has 5 heteroatoms. The molecule has 1 aromatic rings. The number of esters is 1. The molecule has 1 N–H and O–H groups in total. The highest BCUT2D eigenvalue weighted by molar-refractivity contribution is 5.67. The first kappa shape index (κ1) is 31.1. The van der Waals surface area contributed by atoms with Crippen molar-refractivity contribution in [3.63, 3.8) is 0 Å². The first-order valence-corrected chi connectivity index (χ1v) is 16.9. The number of amides is 1. The second kappa shape index (κ2) is 13.1. The summed E-state index contributed by atoms with van der Waals surface area (Å²) in [4.78, 5) is 24.8. The highest BCUT2D eigenvalue weighted by Gasteiger charge is 2.60. The average Bonchev–Trinajstić information content (AvgIpc) is 3.32. The van der Waals surface area contributed by atoms with Crippen molar-refractivity contribution in [1.82, 2.24) is 5.32 Å². The van der Waals surface area contributed by atoms with Gasteiger partial charge in [0.25, 0.3) is 0 Å². The van der Waals surface area contributed by atoms with Gasteiger partial charge in [-0.3, -0.25) is 4.79 Å². The molecule has 0 unspecified atom stereocenters. The summed E-state index contributed by atoms with van der Waals surface area (Å²) in [6.07, 6.45) is 15.0. The van der Waals surface area contributed by atoms with Gasteiger partial charge in [-0.05, 0) is 91.4 Å². The zero-order valence-corrected chi connectivity index (χ0v) is 26.8. The summed E-state index contributed by atoms with van der Waals surface area (Å²) in [5.74, 6) is 4.09. The van der Waals surface area contributed by atoms with Crippen molar-refractivity contribution in [2.24, 2.45) is 46.3 Å². The van der Waals surface area contributed by atoms with Crippen molar-refractivity contribution in [2.45, 2.75) is 118 Å². The second-order valence-electron chi connectivity index (χ2n) is 14.9. The summed E-state index contributed by atoms with van der Waals surface area (Å²) in [5, 5.41) is 2.97. The number of nitrogens with one attached hydrogen (secondary N) is 1. The number of fused-ring (bicyclic) bond motifs is 5. The molecule has 0 saturated heterocycles. The molecule has 0 spiro atoms. The Kier molecular flexibility index (Phi) is 9.74. The van der Waals surface area contributed by atoms with E-state index in [0.717, 1.165) is 54.9 Å². The molecule has 0 aliphatic heterocycles. The maximum Gasteiger partial charge on any atom is 0.407 e. The Hall–Kier alpha value is -2.30. The van der Waals surface area contributed by atoms with Crippen LogP contribution in [0.4, 0.5) is 4.79 Å². The Morgan fingerprint density at radius 2 is 1.79 bits per heavy atom. The minimum Gasteiger partial charge on any atom is -0.462 e. The number of carbonyl (C=O) groups is 2. The lowest BCUT2D eigenvalue weighted by molar-refractivity contribution is -0.149. The van der Waals surface area contributed by atoms with Gasteiger partial charge in [0, 0.05) is 25.3 Å². The molecular formula is C37H55NO4. The molecule has 5 rings (SSSR count). The molecule has 0 radical (unpaired) electrons.